The zero-order valence-corrected chi connectivity index (χ0v) is 15.0. The molecule has 1 heterocycles. The fourth-order valence-electron chi connectivity index (χ4n) is 2.34. The maximum absolute atomic E-state index is 12.2. The number of anilines is 1. The molecule has 2 aromatic carbocycles. The van der Waals surface area contributed by atoms with Gasteiger partial charge in [0.25, 0.3) is 0 Å². The molecule has 0 fully saturated rings. The quantitative estimate of drug-likeness (QED) is 0.692. The third-order valence-electron chi connectivity index (χ3n) is 3.65. The molecule has 0 saturated carbocycles. The van der Waals surface area contributed by atoms with Gasteiger partial charge in [-0.3, -0.25) is 4.79 Å². The summed E-state index contributed by atoms with van der Waals surface area (Å²) >= 11 is 7.49. The van der Waals surface area contributed by atoms with Gasteiger partial charge in [-0.1, -0.05) is 41.4 Å². The summed E-state index contributed by atoms with van der Waals surface area (Å²) in [6.07, 6.45) is 0.254. The number of hydrogen-bond donors (Lipinski definition) is 1. The number of aryl methyl sites for hydroxylation is 2. The second kappa shape index (κ2) is 7.16. The third-order valence-corrected chi connectivity index (χ3v) is 4.83. The van der Waals surface area contributed by atoms with E-state index < -0.39 is 0 Å². The number of benzene rings is 2. The minimum absolute atomic E-state index is 0.0822. The monoisotopic (exact) mass is 356 g/mol. The van der Waals surface area contributed by atoms with Gasteiger partial charge in [-0.25, -0.2) is 4.98 Å². The van der Waals surface area contributed by atoms with Crippen molar-refractivity contribution >= 4 is 34.5 Å². The zero-order valence-electron chi connectivity index (χ0n) is 13.5. The van der Waals surface area contributed by atoms with Gasteiger partial charge in [0, 0.05) is 21.7 Å². The Balaban J connectivity index is 1.68. The van der Waals surface area contributed by atoms with E-state index in [4.69, 9.17) is 11.6 Å². The first-order valence-corrected chi connectivity index (χ1v) is 8.84. The summed E-state index contributed by atoms with van der Waals surface area (Å²) in [6.45, 7) is 3.97. The van der Waals surface area contributed by atoms with Gasteiger partial charge < -0.3 is 5.32 Å². The molecule has 24 heavy (non-hydrogen) atoms. The number of carbonyl (C=O) groups excluding carboxylic acids is 1. The molecule has 0 aliphatic rings. The van der Waals surface area contributed by atoms with Gasteiger partial charge in [0.05, 0.1) is 12.1 Å². The molecular formula is C19H17ClN2OS. The Bertz CT molecular complexity index is 871. The van der Waals surface area contributed by atoms with Gasteiger partial charge in [-0.05, 0) is 37.6 Å². The molecule has 3 rings (SSSR count). The standard InChI is InChI=1S/C19H17ClN2OS/c1-12-3-5-14(6-4-12)19-21-16(11-24-19)10-18(23)22-17-8-7-15(20)9-13(17)2/h3-9,11H,10H2,1-2H3,(H,22,23). The SMILES string of the molecule is Cc1ccc(-c2nc(CC(=O)Nc3ccc(Cl)cc3C)cs2)cc1. The molecule has 1 N–H and O–H groups in total. The number of nitrogens with zero attached hydrogens (tertiary/aromatic N) is 1. The number of hydrogen-bond acceptors (Lipinski definition) is 3. The van der Waals surface area contributed by atoms with Gasteiger partial charge in [0.1, 0.15) is 5.01 Å². The lowest BCUT2D eigenvalue weighted by Crippen LogP contribution is -2.15. The van der Waals surface area contributed by atoms with E-state index in [2.05, 4.69) is 41.5 Å². The number of thiazole rings is 1. The number of aromatic nitrogens is 1. The van der Waals surface area contributed by atoms with Gasteiger partial charge >= 0.3 is 0 Å². The molecule has 0 aliphatic carbocycles. The Kier molecular flexibility index (Phi) is 4.97. The van der Waals surface area contributed by atoms with Crippen molar-refractivity contribution in [1.82, 2.24) is 4.98 Å². The first kappa shape index (κ1) is 16.7. The normalized spacial score (nSPS) is 10.6. The average molecular weight is 357 g/mol. The van der Waals surface area contributed by atoms with Crippen molar-refractivity contribution in [3.8, 4) is 10.6 Å². The van der Waals surface area contributed by atoms with E-state index in [1.54, 1.807) is 17.4 Å². The molecule has 122 valence electrons. The fraction of sp³-hybridized carbons (Fsp3) is 0.158. The Labute approximate surface area is 150 Å². The second-order valence-corrected chi connectivity index (χ2v) is 6.99. The van der Waals surface area contributed by atoms with Crippen LogP contribution >= 0.6 is 22.9 Å². The largest absolute Gasteiger partial charge is 0.326 e. The molecule has 5 heteroatoms. The first-order valence-electron chi connectivity index (χ1n) is 7.59. The number of nitrogens with one attached hydrogen (secondary N) is 1. The van der Waals surface area contributed by atoms with Crippen molar-refractivity contribution in [3.63, 3.8) is 0 Å². The van der Waals surface area contributed by atoms with Crippen LogP contribution in [0.4, 0.5) is 5.69 Å². The third kappa shape index (κ3) is 4.02. The topological polar surface area (TPSA) is 42.0 Å². The van der Waals surface area contributed by atoms with Crippen LogP contribution in [0.5, 0.6) is 0 Å². The van der Waals surface area contributed by atoms with Gasteiger partial charge in [0.15, 0.2) is 0 Å². The maximum atomic E-state index is 12.2. The molecule has 0 bridgehead atoms. The molecule has 0 atom stereocenters. The predicted octanol–water partition coefficient (Wildman–Crippen LogP) is 5.26. The smallest absolute Gasteiger partial charge is 0.230 e. The fourth-order valence-corrected chi connectivity index (χ4v) is 3.40. The highest BCUT2D eigenvalue weighted by atomic mass is 35.5. The van der Waals surface area contributed by atoms with Gasteiger partial charge in [-0.2, -0.15) is 0 Å². The van der Waals surface area contributed by atoms with Crippen molar-refractivity contribution in [2.24, 2.45) is 0 Å². The molecule has 0 spiro atoms. The number of rotatable bonds is 4. The van der Waals surface area contributed by atoms with Gasteiger partial charge in [0.2, 0.25) is 5.91 Å². The van der Waals surface area contributed by atoms with Crippen LogP contribution in [-0.2, 0) is 11.2 Å². The Hall–Kier alpha value is -2.17. The summed E-state index contributed by atoms with van der Waals surface area (Å²) in [5.41, 5.74) is 4.78. The maximum Gasteiger partial charge on any atom is 0.230 e. The molecule has 0 radical (unpaired) electrons. The van der Waals surface area contributed by atoms with Crippen LogP contribution in [0.25, 0.3) is 10.6 Å². The van der Waals surface area contributed by atoms with Crippen LogP contribution in [0.1, 0.15) is 16.8 Å². The minimum Gasteiger partial charge on any atom is -0.326 e. The van der Waals surface area contributed by atoms with E-state index in [0.29, 0.717) is 5.02 Å². The molecule has 3 nitrogen and oxygen atoms in total. The highest BCUT2D eigenvalue weighted by Gasteiger charge is 2.10. The Morgan fingerprint density at radius 1 is 1.17 bits per heavy atom. The first-order chi connectivity index (χ1) is 11.5. The zero-order chi connectivity index (χ0) is 17.1. The molecule has 0 unspecified atom stereocenters. The number of amides is 1. The van der Waals surface area contributed by atoms with Crippen molar-refractivity contribution in [2.75, 3.05) is 5.32 Å². The minimum atomic E-state index is -0.0822. The Morgan fingerprint density at radius 3 is 2.62 bits per heavy atom. The van der Waals surface area contributed by atoms with Crippen molar-refractivity contribution in [3.05, 3.63) is 69.7 Å². The second-order valence-electron chi connectivity index (χ2n) is 5.69. The van der Waals surface area contributed by atoms with E-state index in [-0.39, 0.29) is 12.3 Å². The van der Waals surface area contributed by atoms with E-state index >= 15 is 0 Å². The Morgan fingerprint density at radius 2 is 1.92 bits per heavy atom. The molecule has 1 aromatic heterocycles. The highest BCUT2D eigenvalue weighted by molar-refractivity contribution is 7.13. The summed E-state index contributed by atoms with van der Waals surface area (Å²) in [6, 6.07) is 13.6. The molecule has 0 saturated heterocycles. The molecule has 1 amide bonds. The lowest BCUT2D eigenvalue weighted by Gasteiger charge is -2.07. The van der Waals surface area contributed by atoms with E-state index in [1.807, 2.05) is 24.4 Å². The summed E-state index contributed by atoms with van der Waals surface area (Å²) in [5.74, 6) is -0.0822. The summed E-state index contributed by atoms with van der Waals surface area (Å²) in [7, 11) is 0. The van der Waals surface area contributed by atoms with Gasteiger partial charge in [-0.15, -0.1) is 11.3 Å². The molecular weight excluding hydrogens is 340 g/mol. The van der Waals surface area contributed by atoms with E-state index in [1.165, 1.54) is 5.56 Å². The van der Waals surface area contributed by atoms with Crippen LogP contribution in [0.3, 0.4) is 0 Å². The number of halogens is 1. The van der Waals surface area contributed by atoms with E-state index in [0.717, 1.165) is 27.5 Å². The summed E-state index contributed by atoms with van der Waals surface area (Å²) in [4.78, 5) is 16.8. The van der Waals surface area contributed by atoms with Crippen LogP contribution in [0, 0.1) is 13.8 Å². The highest BCUT2D eigenvalue weighted by Crippen LogP contribution is 2.25. The van der Waals surface area contributed by atoms with Crippen LogP contribution in [-0.4, -0.2) is 10.9 Å². The van der Waals surface area contributed by atoms with E-state index in [9.17, 15) is 4.79 Å². The van der Waals surface area contributed by atoms with Crippen molar-refractivity contribution < 1.29 is 4.79 Å². The lowest BCUT2D eigenvalue weighted by molar-refractivity contribution is -0.115. The molecule has 3 aromatic rings. The van der Waals surface area contributed by atoms with Crippen LogP contribution in [0.2, 0.25) is 5.02 Å². The van der Waals surface area contributed by atoms with Crippen molar-refractivity contribution in [2.45, 2.75) is 20.3 Å². The van der Waals surface area contributed by atoms with Crippen LogP contribution in [0.15, 0.2) is 47.8 Å². The number of carbonyl (C=O) groups is 1. The molecule has 0 aliphatic heterocycles. The summed E-state index contributed by atoms with van der Waals surface area (Å²) < 4.78 is 0. The lowest BCUT2D eigenvalue weighted by atomic mass is 10.1. The average Bonchev–Trinajstić information content (AvgIpc) is 2.99. The summed E-state index contributed by atoms with van der Waals surface area (Å²) in [5, 5.41) is 6.43. The van der Waals surface area contributed by atoms with Crippen LogP contribution < -0.4 is 5.32 Å². The predicted molar refractivity (Wildman–Crippen MR) is 101 cm³/mol. The van der Waals surface area contributed by atoms with Crippen molar-refractivity contribution in [1.29, 1.82) is 0 Å².